The van der Waals surface area contributed by atoms with Gasteiger partial charge >= 0.3 is 6.03 Å². The van der Waals surface area contributed by atoms with Crippen LogP contribution in [0.3, 0.4) is 0 Å². The smallest absolute Gasteiger partial charge is 0.344 e. The number of nitro groups is 1. The van der Waals surface area contributed by atoms with E-state index in [2.05, 4.69) is 23.0 Å². The van der Waals surface area contributed by atoms with Gasteiger partial charge in [0, 0.05) is 18.2 Å². The number of nitrogens with one attached hydrogen (secondary N) is 3. The second-order valence-corrected chi connectivity index (χ2v) is 7.86. The average molecular weight is 405 g/mol. The molecule has 1 aromatic rings. The maximum Gasteiger partial charge on any atom is 0.344 e. The Morgan fingerprint density at radius 2 is 1.93 bits per heavy atom. The van der Waals surface area contributed by atoms with Gasteiger partial charge in [-0.3, -0.25) is 20.3 Å². The van der Waals surface area contributed by atoms with E-state index in [4.69, 9.17) is 12.2 Å². The molecule has 0 bridgehead atoms. The molecule has 1 aliphatic carbocycles. The second-order valence-electron chi connectivity index (χ2n) is 7.45. The molecular weight excluding hydrogens is 382 g/mol. The molecule has 10 heteroatoms. The summed E-state index contributed by atoms with van der Waals surface area (Å²) in [6.07, 6.45) is 4.41. The number of urea groups is 1. The predicted molar refractivity (Wildman–Crippen MR) is 106 cm³/mol. The van der Waals surface area contributed by atoms with Crippen molar-refractivity contribution in [3.05, 3.63) is 39.9 Å². The van der Waals surface area contributed by atoms with Gasteiger partial charge in [0.1, 0.15) is 5.54 Å². The van der Waals surface area contributed by atoms with E-state index in [1.54, 1.807) is 6.92 Å². The Labute approximate surface area is 168 Å². The van der Waals surface area contributed by atoms with Crippen LogP contribution in [-0.2, 0) is 10.3 Å². The molecule has 1 saturated heterocycles. The molecule has 3 N–H and O–H groups in total. The standard InChI is InChI=1S/C18H23N5O4S/c1-11-5-3-4-6-14(11)19-16(28)21-22-15(24)18(2,20-17(22)25)12-7-9-13(10-8-12)23(26)27/h7-11,14H,3-6H2,1-2H3,(H,20,25)(H2,19,21,28)/t11-,14-,18-/m1/s1. The number of imide groups is 1. The fourth-order valence-electron chi connectivity index (χ4n) is 3.69. The Balaban J connectivity index is 1.70. The number of non-ortho nitro benzene ring substituents is 1. The van der Waals surface area contributed by atoms with E-state index in [-0.39, 0.29) is 16.8 Å². The summed E-state index contributed by atoms with van der Waals surface area (Å²) in [5.74, 6) is -0.0748. The fourth-order valence-corrected chi connectivity index (χ4v) is 3.93. The molecule has 0 aromatic heterocycles. The third kappa shape index (κ3) is 3.77. The third-order valence-corrected chi connectivity index (χ3v) is 5.70. The molecule has 150 valence electrons. The van der Waals surface area contributed by atoms with Gasteiger partial charge in [0.2, 0.25) is 0 Å². The van der Waals surface area contributed by atoms with Crippen LogP contribution in [0.25, 0.3) is 0 Å². The van der Waals surface area contributed by atoms with Crippen molar-refractivity contribution < 1.29 is 14.5 Å². The van der Waals surface area contributed by atoms with Crippen molar-refractivity contribution >= 4 is 35.0 Å². The van der Waals surface area contributed by atoms with Crippen molar-refractivity contribution in [2.24, 2.45) is 5.92 Å². The van der Waals surface area contributed by atoms with Crippen molar-refractivity contribution in [2.75, 3.05) is 0 Å². The summed E-state index contributed by atoms with van der Waals surface area (Å²) in [7, 11) is 0. The summed E-state index contributed by atoms with van der Waals surface area (Å²) in [4.78, 5) is 35.6. The first-order valence-electron chi connectivity index (χ1n) is 9.21. The SMILES string of the molecule is C[C@@H]1CCCC[C@H]1NC(=S)NN1C(=O)N[C@](C)(c2ccc([N+](=O)[O-])cc2)C1=O. The highest BCUT2D eigenvalue weighted by atomic mass is 32.1. The number of hydrazine groups is 1. The van der Waals surface area contributed by atoms with E-state index in [1.165, 1.54) is 30.7 Å². The van der Waals surface area contributed by atoms with Crippen LogP contribution >= 0.6 is 12.2 Å². The molecule has 9 nitrogen and oxygen atoms in total. The van der Waals surface area contributed by atoms with Gasteiger partial charge in [0.15, 0.2) is 5.11 Å². The van der Waals surface area contributed by atoms with E-state index in [0.29, 0.717) is 11.5 Å². The Morgan fingerprint density at radius 1 is 1.29 bits per heavy atom. The summed E-state index contributed by atoms with van der Waals surface area (Å²) in [6, 6.07) is 5.09. The molecule has 1 aromatic carbocycles. The van der Waals surface area contributed by atoms with Crippen LogP contribution in [0.5, 0.6) is 0 Å². The van der Waals surface area contributed by atoms with Crippen LogP contribution in [-0.4, -0.2) is 33.0 Å². The molecule has 2 aliphatic rings. The van der Waals surface area contributed by atoms with Gasteiger partial charge in [-0.15, -0.1) is 0 Å². The number of nitrogens with zero attached hydrogens (tertiary/aromatic N) is 2. The van der Waals surface area contributed by atoms with Crippen LogP contribution in [0.15, 0.2) is 24.3 Å². The first kappa shape index (κ1) is 20.0. The van der Waals surface area contributed by atoms with Crippen molar-refractivity contribution in [2.45, 2.75) is 51.1 Å². The number of nitro benzene ring substituents is 1. The van der Waals surface area contributed by atoms with Crippen molar-refractivity contribution in [1.82, 2.24) is 21.1 Å². The van der Waals surface area contributed by atoms with Crippen LogP contribution in [0.1, 0.15) is 45.1 Å². The summed E-state index contributed by atoms with van der Waals surface area (Å²) in [5.41, 5.74) is 1.70. The molecule has 3 rings (SSSR count). The molecule has 3 atom stereocenters. The molecule has 0 unspecified atom stereocenters. The van der Waals surface area contributed by atoms with Gasteiger partial charge in [0.05, 0.1) is 4.92 Å². The number of amides is 3. The lowest BCUT2D eigenvalue weighted by molar-refractivity contribution is -0.384. The van der Waals surface area contributed by atoms with E-state index in [1.807, 2.05) is 0 Å². The molecule has 0 spiro atoms. The summed E-state index contributed by atoms with van der Waals surface area (Å²) < 4.78 is 0. The van der Waals surface area contributed by atoms with Gasteiger partial charge in [-0.1, -0.05) is 19.8 Å². The maximum atomic E-state index is 12.9. The number of benzene rings is 1. The molecule has 0 radical (unpaired) electrons. The average Bonchev–Trinajstić information content (AvgIpc) is 2.88. The zero-order valence-corrected chi connectivity index (χ0v) is 16.5. The molecular formula is C18H23N5O4S. The number of carbonyl (C=O) groups is 2. The Bertz CT molecular complexity index is 815. The van der Waals surface area contributed by atoms with E-state index in [0.717, 1.165) is 24.3 Å². The maximum absolute atomic E-state index is 12.9. The number of thiocarbonyl (C=S) groups is 1. The monoisotopic (exact) mass is 405 g/mol. The molecule has 28 heavy (non-hydrogen) atoms. The normalized spacial score (nSPS) is 27.3. The predicted octanol–water partition coefficient (Wildman–Crippen LogP) is 2.32. The number of carbonyl (C=O) groups excluding carboxylic acids is 2. The Hall–Kier alpha value is -2.75. The quantitative estimate of drug-likeness (QED) is 0.305. The second kappa shape index (κ2) is 7.70. The van der Waals surface area contributed by atoms with Gasteiger partial charge < -0.3 is 10.6 Å². The van der Waals surface area contributed by atoms with Crippen LogP contribution < -0.4 is 16.1 Å². The lowest BCUT2D eigenvalue weighted by Gasteiger charge is -2.31. The lowest BCUT2D eigenvalue weighted by Crippen LogP contribution is -2.54. The zero-order chi connectivity index (χ0) is 20.5. The van der Waals surface area contributed by atoms with Crippen LogP contribution in [0.4, 0.5) is 10.5 Å². The first-order valence-corrected chi connectivity index (χ1v) is 9.62. The van der Waals surface area contributed by atoms with Gasteiger partial charge in [-0.25, -0.2) is 4.79 Å². The van der Waals surface area contributed by atoms with Gasteiger partial charge in [-0.05, 0) is 55.6 Å². The highest BCUT2D eigenvalue weighted by molar-refractivity contribution is 7.80. The van der Waals surface area contributed by atoms with E-state index in [9.17, 15) is 19.7 Å². The highest BCUT2D eigenvalue weighted by Crippen LogP contribution is 2.29. The first-order chi connectivity index (χ1) is 13.2. The molecule has 1 saturated carbocycles. The minimum Gasteiger partial charge on any atom is -0.358 e. The Kier molecular flexibility index (Phi) is 5.50. The minimum absolute atomic E-state index is 0.0916. The number of hydrogen-bond donors (Lipinski definition) is 3. The minimum atomic E-state index is -1.34. The molecule has 1 aliphatic heterocycles. The zero-order valence-electron chi connectivity index (χ0n) is 15.7. The Morgan fingerprint density at radius 3 is 2.54 bits per heavy atom. The highest BCUT2D eigenvalue weighted by Gasteiger charge is 2.50. The summed E-state index contributed by atoms with van der Waals surface area (Å²) >= 11 is 5.30. The molecule has 3 amide bonds. The van der Waals surface area contributed by atoms with Crippen molar-refractivity contribution in [3.63, 3.8) is 0 Å². The van der Waals surface area contributed by atoms with E-state index < -0.39 is 22.4 Å². The van der Waals surface area contributed by atoms with Crippen molar-refractivity contribution in [3.8, 4) is 0 Å². The molecule has 2 fully saturated rings. The number of hydrogen-bond acceptors (Lipinski definition) is 5. The van der Waals surface area contributed by atoms with Crippen LogP contribution in [0, 0.1) is 16.0 Å². The van der Waals surface area contributed by atoms with Gasteiger partial charge in [0.25, 0.3) is 11.6 Å². The third-order valence-electron chi connectivity index (χ3n) is 5.49. The fraction of sp³-hybridized carbons (Fsp3) is 0.500. The van der Waals surface area contributed by atoms with Crippen LogP contribution in [0.2, 0.25) is 0 Å². The van der Waals surface area contributed by atoms with Crippen molar-refractivity contribution in [1.29, 1.82) is 0 Å². The molecule has 1 heterocycles. The topological polar surface area (TPSA) is 117 Å². The summed E-state index contributed by atoms with van der Waals surface area (Å²) in [5, 5.41) is 17.7. The van der Waals surface area contributed by atoms with E-state index >= 15 is 0 Å². The summed E-state index contributed by atoms with van der Waals surface area (Å²) in [6.45, 7) is 3.70. The largest absolute Gasteiger partial charge is 0.358 e. The lowest BCUT2D eigenvalue weighted by atomic mass is 9.86. The number of rotatable bonds is 4. The van der Waals surface area contributed by atoms with Gasteiger partial charge in [-0.2, -0.15) is 5.01 Å².